The lowest BCUT2D eigenvalue weighted by Gasteiger charge is -2.41. The summed E-state index contributed by atoms with van der Waals surface area (Å²) < 4.78 is 37.1. The summed E-state index contributed by atoms with van der Waals surface area (Å²) in [4.78, 5) is 12.1. The monoisotopic (exact) mass is 399 g/mol. The van der Waals surface area contributed by atoms with Gasteiger partial charge in [-0.25, -0.2) is 0 Å². The van der Waals surface area contributed by atoms with E-state index in [1.807, 2.05) is 31.2 Å². The highest BCUT2D eigenvalue weighted by atomic mass is 32.2. The molecule has 1 aromatic carbocycles. The summed E-state index contributed by atoms with van der Waals surface area (Å²) in [5.41, 5.74) is 2.17. The van der Waals surface area contributed by atoms with Crippen molar-refractivity contribution < 1.29 is 27.0 Å². The molecule has 0 spiro atoms. The first-order chi connectivity index (χ1) is 12.8. The van der Waals surface area contributed by atoms with E-state index in [0.29, 0.717) is 39.1 Å². The molecule has 8 heteroatoms. The Bertz CT molecular complexity index is 697. The lowest BCUT2D eigenvalue weighted by atomic mass is 10.1. The predicted molar refractivity (Wildman–Crippen MR) is 104 cm³/mol. The SMILES string of the molecule is Cc1ccc(CC(=O)NCCC[N+]2(CCCS(=O)(=O)O)CCOCC2)cc1. The standard InChI is InChI=1S/C19H30N2O5S/c1-17-4-6-18(7-5-17)16-19(22)20-8-2-9-21(11-13-26-14-12-21)10-3-15-27(23,24)25/h4-7H,2-3,8-16H2,1H3,(H-,20,22,23,24,25)/p+1. The summed E-state index contributed by atoms with van der Waals surface area (Å²) in [5, 5.41) is 2.97. The molecule has 1 saturated heterocycles. The summed E-state index contributed by atoms with van der Waals surface area (Å²) in [5.74, 6) is -0.194. The fraction of sp³-hybridized carbons (Fsp3) is 0.632. The van der Waals surface area contributed by atoms with Gasteiger partial charge in [-0.05, 0) is 12.5 Å². The van der Waals surface area contributed by atoms with Crippen molar-refractivity contribution >= 4 is 16.0 Å². The lowest BCUT2D eigenvalue weighted by molar-refractivity contribution is -0.935. The maximum Gasteiger partial charge on any atom is 0.265 e. The van der Waals surface area contributed by atoms with Crippen molar-refractivity contribution in [2.45, 2.75) is 26.2 Å². The second-order valence-electron chi connectivity index (χ2n) is 7.35. The number of quaternary nitrogens is 1. The van der Waals surface area contributed by atoms with E-state index in [0.717, 1.165) is 36.1 Å². The Hall–Kier alpha value is -1.48. The number of aryl methyl sites for hydroxylation is 1. The number of morpholine rings is 1. The number of benzene rings is 1. The van der Waals surface area contributed by atoms with Gasteiger partial charge in [0.2, 0.25) is 5.91 Å². The van der Waals surface area contributed by atoms with E-state index in [9.17, 15) is 13.2 Å². The first kappa shape index (κ1) is 21.8. The summed E-state index contributed by atoms with van der Waals surface area (Å²) in [6.07, 6.45) is 1.63. The Morgan fingerprint density at radius 2 is 1.78 bits per heavy atom. The molecule has 0 aliphatic carbocycles. The number of hydrogen-bond donors (Lipinski definition) is 2. The first-order valence-electron chi connectivity index (χ1n) is 9.48. The van der Waals surface area contributed by atoms with Gasteiger partial charge in [-0.2, -0.15) is 8.42 Å². The Kier molecular flexibility index (Phi) is 8.22. The van der Waals surface area contributed by atoms with Crippen molar-refractivity contribution in [1.82, 2.24) is 5.32 Å². The molecule has 1 heterocycles. The van der Waals surface area contributed by atoms with Crippen LogP contribution in [-0.4, -0.2) is 75.1 Å². The van der Waals surface area contributed by atoms with Crippen LogP contribution in [0.2, 0.25) is 0 Å². The Balaban J connectivity index is 1.74. The molecule has 2 rings (SSSR count). The van der Waals surface area contributed by atoms with Gasteiger partial charge in [-0.15, -0.1) is 0 Å². The van der Waals surface area contributed by atoms with Gasteiger partial charge in [-0.3, -0.25) is 9.35 Å². The molecule has 1 aliphatic rings. The van der Waals surface area contributed by atoms with Gasteiger partial charge in [0.25, 0.3) is 10.1 Å². The van der Waals surface area contributed by atoms with Crippen LogP contribution in [0.1, 0.15) is 24.0 Å². The molecule has 1 fully saturated rings. The number of amides is 1. The fourth-order valence-corrected chi connectivity index (χ4v) is 3.96. The minimum absolute atomic E-state index is 0.0127. The Labute approximate surface area is 162 Å². The van der Waals surface area contributed by atoms with Crippen LogP contribution in [0.4, 0.5) is 0 Å². The molecular weight excluding hydrogens is 368 g/mol. The molecule has 0 atom stereocenters. The molecule has 1 amide bonds. The predicted octanol–water partition coefficient (Wildman–Crippen LogP) is 1.17. The minimum atomic E-state index is -3.92. The second-order valence-corrected chi connectivity index (χ2v) is 8.93. The Morgan fingerprint density at radius 1 is 1.15 bits per heavy atom. The number of ether oxygens (including phenoxy) is 1. The third-order valence-electron chi connectivity index (χ3n) is 5.07. The van der Waals surface area contributed by atoms with Crippen LogP contribution < -0.4 is 5.32 Å². The zero-order chi connectivity index (χ0) is 19.8. The van der Waals surface area contributed by atoms with Crippen molar-refractivity contribution in [2.24, 2.45) is 0 Å². The van der Waals surface area contributed by atoms with E-state index >= 15 is 0 Å². The normalized spacial score (nSPS) is 16.8. The van der Waals surface area contributed by atoms with Crippen LogP contribution in [0.15, 0.2) is 24.3 Å². The Morgan fingerprint density at radius 3 is 2.41 bits per heavy atom. The quantitative estimate of drug-likeness (QED) is 0.350. The molecule has 27 heavy (non-hydrogen) atoms. The number of rotatable bonds is 10. The number of nitrogens with one attached hydrogen (secondary N) is 1. The van der Waals surface area contributed by atoms with Crippen molar-refractivity contribution in [1.29, 1.82) is 0 Å². The zero-order valence-corrected chi connectivity index (χ0v) is 16.8. The average Bonchev–Trinajstić information content (AvgIpc) is 2.61. The van der Waals surface area contributed by atoms with Crippen LogP contribution in [0.5, 0.6) is 0 Å². The van der Waals surface area contributed by atoms with E-state index in [1.165, 1.54) is 5.56 Å². The minimum Gasteiger partial charge on any atom is -0.370 e. The molecule has 0 saturated carbocycles. The molecule has 0 bridgehead atoms. The molecule has 1 aromatic rings. The summed E-state index contributed by atoms with van der Waals surface area (Å²) in [7, 11) is -3.92. The number of nitrogens with zero attached hydrogens (tertiary/aromatic N) is 1. The third kappa shape index (κ3) is 8.38. The highest BCUT2D eigenvalue weighted by Gasteiger charge is 2.30. The van der Waals surface area contributed by atoms with Crippen LogP contribution in [-0.2, 0) is 26.1 Å². The molecule has 7 nitrogen and oxygen atoms in total. The van der Waals surface area contributed by atoms with Crippen molar-refractivity contribution in [3.63, 3.8) is 0 Å². The van der Waals surface area contributed by atoms with Gasteiger partial charge in [0.1, 0.15) is 13.1 Å². The van der Waals surface area contributed by atoms with Gasteiger partial charge in [-0.1, -0.05) is 29.8 Å². The first-order valence-corrected chi connectivity index (χ1v) is 11.1. The van der Waals surface area contributed by atoms with Crippen molar-refractivity contribution in [3.05, 3.63) is 35.4 Å². The molecule has 0 aromatic heterocycles. The molecule has 0 unspecified atom stereocenters. The van der Waals surface area contributed by atoms with E-state index in [1.54, 1.807) is 0 Å². The highest BCUT2D eigenvalue weighted by molar-refractivity contribution is 7.85. The smallest absolute Gasteiger partial charge is 0.265 e. The summed E-state index contributed by atoms with van der Waals surface area (Å²) in [6.45, 7) is 7.16. The molecule has 1 aliphatic heterocycles. The van der Waals surface area contributed by atoms with Crippen molar-refractivity contribution in [3.8, 4) is 0 Å². The maximum atomic E-state index is 12.1. The van der Waals surface area contributed by atoms with Gasteiger partial charge in [0.05, 0.1) is 38.5 Å². The van der Waals surface area contributed by atoms with Crippen LogP contribution in [0.25, 0.3) is 0 Å². The van der Waals surface area contributed by atoms with Crippen LogP contribution >= 0.6 is 0 Å². The molecule has 2 N–H and O–H groups in total. The summed E-state index contributed by atoms with van der Waals surface area (Å²) in [6, 6.07) is 7.94. The van der Waals surface area contributed by atoms with Crippen molar-refractivity contribution in [2.75, 3.05) is 51.7 Å². The third-order valence-corrected chi connectivity index (χ3v) is 5.88. The summed E-state index contributed by atoms with van der Waals surface area (Å²) >= 11 is 0. The van der Waals surface area contributed by atoms with Gasteiger partial charge in [0, 0.05) is 19.4 Å². The lowest BCUT2D eigenvalue weighted by Crippen LogP contribution is -2.56. The number of carbonyl (C=O) groups excluding carboxylic acids is 1. The number of carbonyl (C=O) groups is 1. The number of hydrogen-bond acceptors (Lipinski definition) is 4. The average molecular weight is 400 g/mol. The van der Waals surface area contributed by atoms with Crippen LogP contribution in [0.3, 0.4) is 0 Å². The maximum absolute atomic E-state index is 12.1. The zero-order valence-electron chi connectivity index (χ0n) is 16.0. The largest absolute Gasteiger partial charge is 0.370 e. The molecule has 152 valence electrons. The van der Waals surface area contributed by atoms with Gasteiger partial charge in [0.15, 0.2) is 0 Å². The second kappa shape index (κ2) is 10.2. The highest BCUT2D eigenvalue weighted by Crippen LogP contribution is 2.14. The molecular formula is C19H31N2O5S+. The van der Waals surface area contributed by atoms with Gasteiger partial charge >= 0.3 is 0 Å². The molecule has 0 radical (unpaired) electrons. The van der Waals surface area contributed by atoms with E-state index in [-0.39, 0.29) is 11.7 Å². The fourth-order valence-electron chi connectivity index (χ4n) is 3.47. The van der Waals surface area contributed by atoms with E-state index in [4.69, 9.17) is 9.29 Å². The van der Waals surface area contributed by atoms with Gasteiger partial charge < -0.3 is 14.5 Å². The topological polar surface area (TPSA) is 92.7 Å². The van der Waals surface area contributed by atoms with Crippen LogP contribution in [0, 0.1) is 6.92 Å². The van der Waals surface area contributed by atoms with E-state index in [2.05, 4.69) is 5.32 Å². The van der Waals surface area contributed by atoms with E-state index < -0.39 is 10.1 Å².